The van der Waals surface area contributed by atoms with Crippen molar-refractivity contribution in [1.82, 2.24) is 10.2 Å². The summed E-state index contributed by atoms with van der Waals surface area (Å²) in [5.74, 6) is 1.01. The minimum absolute atomic E-state index is 0.198. The van der Waals surface area contributed by atoms with Crippen LogP contribution in [0.5, 0.6) is 0 Å². The lowest BCUT2D eigenvalue weighted by molar-refractivity contribution is -0.131. The highest BCUT2D eigenvalue weighted by Crippen LogP contribution is 2.28. The summed E-state index contributed by atoms with van der Waals surface area (Å²) in [5.41, 5.74) is 1.32. The molecule has 1 aliphatic heterocycles. The monoisotopic (exact) mass is 294 g/mol. The van der Waals surface area contributed by atoms with E-state index < -0.39 is 0 Å². The van der Waals surface area contributed by atoms with Crippen molar-refractivity contribution in [2.75, 3.05) is 32.8 Å². The fourth-order valence-corrected chi connectivity index (χ4v) is 3.34. The molecule has 1 aliphatic carbocycles. The fraction of sp³-hybridized carbons (Fsp3) is 0.667. The van der Waals surface area contributed by atoms with Crippen LogP contribution in [0.25, 0.3) is 0 Å². The van der Waals surface area contributed by atoms with E-state index in [-0.39, 0.29) is 5.91 Å². The van der Waals surface area contributed by atoms with Gasteiger partial charge in [0.1, 0.15) is 0 Å². The zero-order valence-corrected chi connectivity index (χ0v) is 12.6. The van der Waals surface area contributed by atoms with Crippen LogP contribution in [-0.4, -0.2) is 43.7 Å². The van der Waals surface area contributed by atoms with E-state index in [4.69, 9.17) is 4.74 Å². The Balaban J connectivity index is 1.31. The first-order valence-corrected chi connectivity index (χ1v) is 8.32. The minimum Gasteiger partial charge on any atom is -0.380 e. The van der Waals surface area contributed by atoms with Crippen molar-refractivity contribution in [2.24, 2.45) is 5.92 Å². The molecular weight excluding hydrogens is 272 g/mol. The number of amides is 1. The number of rotatable bonds is 7. The van der Waals surface area contributed by atoms with E-state index in [0.717, 1.165) is 38.6 Å². The first-order valence-electron chi connectivity index (χ1n) is 7.44. The number of hydrogen-bond donors (Lipinski definition) is 1. The Morgan fingerprint density at radius 1 is 1.50 bits per heavy atom. The van der Waals surface area contributed by atoms with E-state index in [1.807, 2.05) is 4.90 Å². The summed E-state index contributed by atoms with van der Waals surface area (Å²) in [5, 5.41) is 5.30. The summed E-state index contributed by atoms with van der Waals surface area (Å²) in [7, 11) is 0. The van der Waals surface area contributed by atoms with E-state index in [0.29, 0.717) is 13.2 Å². The van der Waals surface area contributed by atoms with Gasteiger partial charge in [0.2, 0.25) is 5.91 Å². The van der Waals surface area contributed by atoms with Crippen molar-refractivity contribution in [3.8, 4) is 0 Å². The van der Waals surface area contributed by atoms with Gasteiger partial charge in [-0.25, -0.2) is 0 Å². The Morgan fingerprint density at radius 2 is 2.40 bits per heavy atom. The van der Waals surface area contributed by atoms with Crippen LogP contribution in [0.3, 0.4) is 0 Å². The minimum atomic E-state index is 0.198. The molecule has 1 N–H and O–H groups in total. The molecule has 20 heavy (non-hydrogen) atoms. The molecule has 3 rings (SSSR count). The largest absolute Gasteiger partial charge is 0.380 e. The second-order valence-electron chi connectivity index (χ2n) is 5.63. The average Bonchev–Trinajstić information content (AvgIpc) is 3.17. The van der Waals surface area contributed by atoms with Crippen molar-refractivity contribution in [3.05, 3.63) is 21.9 Å². The third-order valence-corrected chi connectivity index (χ3v) is 4.93. The lowest BCUT2D eigenvalue weighted by Gasteiger charge is -2.27. The molecule has 0 atom stereocenters. The van der Waals surface area contributed by atoms with Crippen molar-refractivity contribution >= 4 is 17.2 Å². The van der Waals surface area contributed by atoms with E-state index >= 15 is 0 Å². The zero-order valence-electron chi connectivity index (χ0n) is 11.8. The van der Waals surface area contributed by atoms with Gasteiger partial charge in [-0.2, -0.15) is 0 Å². The van der Waals surface area contributed by atoms with Crippen molar-refractivity contribution in [1.29, 1.82) is 0 Å². The van der Waals surface area contributed by atoms with Gasteiger partial charge in [-0.15, -0.1) is 11.3 Å². The molecule has 1 amide bonds. The van der Waals surface area contributed by atoms with Gasteiger partial charge in [-0.3, -0.25) is 4.79 Å². The number of ether oxygens (including phenoxy) is 1. The average molecular weight is 294 g/mol. The van der Waals surface area contributed by atoms with E-state index in [1.54, 1.807) is 11.3 Å². The molecule has 110 valence electrons. The maximum Gasteiger partial charge on any atom is 0.236 e. The van der Waals surface area contributed by atoms with E-state index in [1.165, 1.54) is 23.3 Å². The lowest BCUT2D eigenvalue weighted by atomic mass is 10.1. The molecule has 1 aromatic heterocycles. The van der Waals surface area contributed by atoms with Crippen LogP contribution >= 0.6 is 11.3 Å². The maximum atomic E-state index is 12.1. The molecule has 1 fully saturated rings. The van der Waals surface area contributed by atoms with Crippen LogP contribution < -0.4 is 5.32 Å². The molecule has 0 aromatic carbocycles. The van der Waals surface area contributed by atoms with Crippen LogP contribution in [0.15, 0.2) is 11.4 Å². The SMILES string of the molecule is O=C(CNCCOCC1CC1)N1CCc2sccc2C1. The fourth-order valence-electron chi connectivity index (χ4n) is 2.45. The molecule has 0 unspecified atom stereocenters. The summed E-state index contributed by atoms with van der Waals surface area (Å²) in [6.07, 6.45) is 3.65. The van der Waals surface area contributed by atoms with Crippen molar-refractivity contribution in [2.45, 2.75) is 25.8 Å². The Labute approximate surface area is 124 Å². The predicted molar refractivity (Wildman–Crippen MR) is 79.9 cm³/mol. The van der Waals surface area contributed by atoms with E-state index in [2.05, 4.69) is 16.8 Å². The predicted octanol–water partition coefficient (Wildman–Crippen LogP) is 1.65. The normalized spacial score (nSPS) is 18.1. The molecule has 2 aliphatic rings. The molecule has 2 heterocycles. The van der Waals surface area contributed by atoms with E-state index in [9.17, 15) is 4.79 Å². The number of hydrogen-bond acceptors (Lipinski definition) is 4. The molecule has 1 saturated carbocycles. The topological polar surface area (TPSA) is 41.6 Å². The molecule has 0 spiro atoms. The van der Waals surface area contributed by atoms with Crippen LogP contribution in [0.2, 0.25) is 0 Å². The van der Waals surface area contributed by atoms with Gasteiger partial charge in [-0.1, -0.05) is 0 Å². The zero-order chi connectivity index (χ0) is 13.8. The summed E-state index contributed by atoms with van der Waals surface area (Å²) in [4.78, 5) is 15.5. The first kappa shape index (κ1) is 14.0. The quantitative estimate of drug-likeness (QED) is 0.778. The molecule has 5 heteroatoms. The van der Waals surface area contributed by atoms with Gasteiger partial charge in [0.15, 0.2) is 0 Å². The summed E-state index contributed by atoms with van der Waals surface area (Å²) in [6, 6.07) is 2.14. The van der Waals surface area contributed by atoms with Crippen LogP contribution in [0, 0.1) is 5.92 Å². The van der Waals surface area contributed by atoms with Crippen LogP contribution in [-0.2, 0) is 22.5 Å². The second kappa shape index (κ2) is 6.70. The van der Waals surface area contributed by atoms with Gasteiger partial charge < -0.3 is 15.0 Å². The third kappa shape index (κ3) is 3.81. The van der Waals surface area contributed by atoms with Crippen molar-refractivity contribution in [3.63, 3.8) is 0 Å². The maximum absolute atomic E-state index is 12.1. The number of nitrogens with zero attached hydrogens (tertiary/aromatic N) is 1. The highest BCUT2D eigenvalue weighted by Gasteiger charge is 2.22. The number of nitrogens with one attached hydrogen (secondary N) is 1. The van der Waals surface area contributed by atoms with Gasteiger partial charge in [0, 0.05) is 31.1 Å². The van der Waals surface area contributed by atoms with Gasteiger partial charge in [0.05, 0.1) is 13.2 Å². The first-order chi connectivity index (χ1) is 9.83. The summed E-state index contributed by atoms with van der Waals surface area (Å²) in [6.45, 7) is 4.41. The Hall–Kier alpha value is -0.910. The Kier molecular flexibility index (Phi) is 4.70. The van der Waals surface area contributed by atoms with Gasteiger partial charge in [-0.05, 0) is 42.2 Å². The molecule has 4 nitrogen and oxygen atoms in total. The second-order valence-corrected chi connectivity index (χ2v) is 6.63. The number of fused-ring (bicyclic) bond motifs is 1. The Morgan fingerprint density at radius 3 is 3.25 bits per heavy atom. The number of carbonyl (C=O) groups excluding carboxylic acids is 1. The number of thiophene rings is 1. The molecule has 0 saturated heterocycles. The van der Waals surface area contributed by atoms with Crippen LogP contribution in [0.4, 0.5) is 0 Å². The van der Waals surface area contributed by atoms with Gasteiger partial charge in [0.25, 0.3) is 0 Å². The van der Waals surface area contributed by atoms with Crippen LogP contribution in [0.1, 0.15) is 23.3 Å². The molecular formula is C15H22N2O2S. The molecule has 0 bridgehead atoms. The Bertz CT molecular complexity index is 456. The highest BCUT2D eigenvalue weighted by atomic mass is 32.1. The summed E-state index contributed by atoms with van der Waals surface area (Å²) < 4.78 is 5.53. The smallest absolute Gasteiger partial charge is 0.236 e. The van der Waals surface area contributed by atoms with Crippen molar-refractivity contribution < 1.29 is 9.53 Å². The molecule has 1 aromatic rings. The third-order valence-electron chi connectivity index (χ3n) is 3.91. The van der Waals surface area contributed by atoms with Gasteiger partial charge >= 0.3 is 0 Å². The lowest BCUT2D eigenvalue weighted by Crippen LogP contribution is -2.41. The highest BCUT2D eigenvalue weighted by molar-refractivity contribution is 7.10. The number of carbonyl (C=O) groups is 1. The molecule has 0 radical (unpaired) electrons. The summed E-state index contributed by atoms with van der Waals surface area (Å²) >= 11 is 1.80. The standard InChI is InChI=1S/C15H22N2O2S/c18-15(9-16-5-7-19-11-12-1-2-12)17-6-3-14-13(10-17)4-8-20-14/h4,8,12,16H,1-3,5-7,9-11H2.